The summed E-state index contributed by atoms with van der Waals surface area (Å²) in [4.78, 5) is 9.53. The van der Waals surface area contributed by atoms with Crippen LogP contribution in [0, 0.1) is 0 Å². The van der Waals surface area contributed by atoms with Gasteiger partial charge in [0.05, 0.1) is 11.2 Å². The molecule has 2 aromatic heterocycles. The molecule has 5 rings (SSSR count). The van der Waals surface area contributed by atoms with Crippen molar-refractivity contribution in [3.05, 3.63) is 108 Å². The Morgan fingerprint density at radius 1 is 0.500 bits per heavy atom. The SMILES string of the molecule is CC(C)(C)c1cccc(-c2ccc(-c3cccc(-c4cc(C(C)(C)C)ccn4)c3)c3ncccc23)c1. The number of hydrogen-bond donors (Lipinski definition) is 0. The van der Waals surface area contributed by atoms with E-state index in [1.165, 1.54) is 27.6 Å². The molecule has 0 aliphatic rings. The normalized spacial score (nSPS) is 12.2. The number of rotatable bonds is 3. The van der Waals surface area contributed by atoms with Crippen molar-refractivity contribution in [2.45, 2.75) is 52.4 Å². The van der Waals surface area contributed by atoms with Gasteiger partial charge in [0.1, 0.15) is 0 Å². The standard InChI is InChI=1S/C34H34N2/c1-33(2,3)26-13-8-11-24(21-26)28-15-16-29(32-30(28)14-9-18-36-32)23-10-7-12-25(20-23)31-22-27(17-19-35-31)34(4,5)6/h7-22H,1-6H3. The molecule has 0 aliphatic carbocycles. The van der Waals surface area contributed by atoms with Crippen LogP contribution in [-0.4, -0.2) is 9.97 Å². The van der Waals surface area contributed by atoms with Crippen molar-refractivity contribution >= 4 is 10.9 Å². The van der Waals surface area contributed by atoms with Gasteiger partial charge in [-0.25, -0.2) is 0 Å². The summed E-state index contributed by atoms with van der Waals surface area (Å²) >= 11 is 0. The smallest absolute Gasteiger partial charge is 0.0786 e. The van der Waals surface area contributed by atoms with Gasteiger partial charge in [0.25, 0.3) is 0 Å². The summed E-state index contributed by atoms with van der Waals surface area (Å²) in [5, 5.41) is 1.17. The van der Waals surface area contributed by atoms with Crippen LogP contribution in [0.5, 0.6) is 0 Å². The van der Waals surface area contributed by atoms with Crippen molar-refractivity contribution < 1.29 is 0 Å². The Morgan fingerprint density at radius 3 is 1.89 bits per heavy atom. The molecule has 36 heavy (non-hydrogen) atoms. The van der Waals surface area contributed by atoms with E-state index < -0.39 is 0 Å². The Hall–Kier alpha value is -3.78. The molecular formula is C34H34N2. The predicted molar refractivity (Wildman–Crippen MR) is 153 cm³/mol. The Morgan fingerprint density at radius 2 is 1.14 bits per heavy atom. The zero-order valence-corrected chi connectivity index (χ0v) is 22.1. The maximum Gasteiger partial charge on any atom is 0.0786 e. The first-order valence-corrected chi connectivity index (χ1v) is 12.7. The van der Waals surface area contributed by atoms with Crippen LogP contribution >= 0.6 is 0 Å². The highest BCUT2D eigenvalue weighted by molar-refractivity contribution is 6.03. The molecule has 180 valence electrons. The minimum Gasteiger partial charge on any atom is -0.256 e. The van der Waals surface area contributed by atoms with Crippen LogP contribution in [0.1, 0.15) is 52.7 Å². The fourth-order valence-electron chi connectivity index (χ4n) is 4.71. The minimum atomic E-state index is 0.0789. The molecule has 2 heteroatoms. The number of pyridine rings is 2. The van der Waals surface area contributed by atoms with E-state index in [1.807, 2.05) is 18.5 Å². The summed E-state index contributed by atoms with van der Waals surface area (Å²) < 4.78 is 0. The molecule has 0 bridgehead atoms. The zero-order chi connectivity index (χ0) is 25.5. The second-order valence-electron chi connectivity index (χ2n) is 11.7. The molecule has 0 N–H and O–H groups in total. The van der Waals surface area contributed by atoms with Gasteiger partial charge in [-0.2, -0.15) is 0 Å². The van der Waals surface area contributed by atoms with E-state index in [1.54, 1.807) is 0 Å². The van der Waals surface area contributed by atoms with Gasteiger partial charge in [-0.3, -0.25) is 9.97 Å². The van der Waals surface area contributed by atoms with Gasteiger partial charge in [0.2, 0.25) is 0 Å². The van der Waals surface area contributed by atoms with Crippen LogP contribution in [-0.2, 0) is 10.8 Å². The lowest BCUT2D eigenvalue weighted by Crippen LogP contribution is -2.11. The van der Waals surface area contributed by atoms with E-state index in [2.05, 4.69) is 125 Å². The lowest BCUT2D eigenvalue weighted by molar-refractivity contribution is 0.589. The monoisotopic (exact) mass is 470 g/mol. The molecule has 0 radical (unpaired) electrons. The summed E-state index contributed by atoms with van der Waals surface area (Å²) in [6.45, 7) is 13.5. The molecule has 0 aliphatic heterocycles. The van der Waals surface area contributed by atoms with Crippen LogP contribution in [0.15, 0.2) is 97.3 Å². The van der Waals surface area contributed by atoms with Gasteiger partial charge in [-0.05, 0) is 62.9 Å². The molecule has 0 atom stereocenters. The molecule has 2 nitrogen and oxygen atoms in total. The van der Waals surface area contributed by atoms with Crippen LogP contribution in [0.25, 0.3) is 44.4 Å². The minimum absolute atomic E-state index is 0.0789. The molecule has 0 unspecified atom stereocenters. The number of benzene rings is 3. The fourth-order valence-corrected chi connectivity index (χ4v) is 4.71. The molecular weight excluding hydrogens is 436 g/mol. The quantitative estimate of drug-likeness (QED) is 0.263. The van der Waals surface area contributed by atoms with Crippen molar-refractivity contribution in [1.82, 2.24) is 9.97 Å². The lowest BCUT2D eigenvalue weighted by Gasteiger charge is -2.20. The number of hydrogen-bond acceptors (Lipinski definition) is 2. The average molecular weight is 471 g/mol. The van der Waals surface area contributed by atoms with Gasteiger partial charge >= 0.3 is 0 Å². The van der Waals surface area contributed by atoms with Crippen molar-refractivity contribution in [2.75, 3.05) is 0 Å². The lowest BCUT2D eigenvalue weighted by atomic mass is 9.85. The molecule has 0 saturated heterocycles. The molecule has 5 aromatic rings. The highest BCUT2D eigenvalue weighted by Gasteiger charge is 2.17. The van der Waals surface area contributed by atoms with Gasteiger partial charge in [0.15, 0.2) is 0 Å². The summed E-state index contributed by atoms with van der Waals surface area (Å²) in [6.07, 6.45) is 3.81. The summed E-state index contributed by atoms with van der Waals surface area (Å²) in [6, 6.07) is 30.5. The van der Waals surface area contributed by atoms with E-state index in [4.69, 9.17) is 4.98 Å². The Bertz CT molecular complexity index is 1550. The zero-order valence-electron chi connectivity index (χ0n) is 22.1. The van der Waals surface area contributed by atoms with Crippen LogP contribution in [0.3, 0.4) is 0 Å². The van der Waals surface area contributed by atoms with E-state index >= 15 is 0 Å². The first-order chi connectivity index (χ1) is 17.1. The largest absolute Gasteiger partial charge is 0.256 e. The number of nitrogens with zero attached hydrogens (tertiary/aromatic N) is 2. The van der Waals surface area contributed by atoms with Crippen LogP contribution in [0.4, 0.5) is 0 Å². The summed E-state index contributed by atoms with van der Waals surface area (Å²) in [5.41, 5.74) is 10.6. The first-order valence-electron chi connectivity index (χ1n) is 12.7. The summed E-state index contributed by atoms with van der Waals surface area (Å²) in [7, 11) is 0. The van der Waals surface area contributed by atoms with Crippen molar-refractivity contribution in [3.8, 4) is 33.5 Å². The fraction of sp³-hybridized carbons (Fsp3) is 0.235. The average Bonchev–Trinajstić information content (AvgIpc) is 2.87. The molecule has 0 amide bonds. The maximum atomic E-state index is 4.85. The third-order valence-corrected chi connectivity index (χ3v) is 6.90. The molecule has 2 heterocycles. The molecule has 0 spiro atoms. The van der Waals surface area contributed by atoms with Crippen molar-refractivity contribution in [1.29, 1.82) is 0 Å². The Balaban J connectivity index is 1.62. The molecule has 0 fully saturated rings. The number of fused-ring (bicyclic) bond motifs is 1. The Kier molecular flexibility index (Phi) is 6.00. The second-order valence-corrected chi connectivity index (χ2v) is 11.7. The van der Waals surface area contributed by atoms with Crippen LogP contribution < -0.4 is 0 Å². The van der Waals surface area contributed by atoms with Gasteiger partial charge in [0, 0.05) is 28.9 Å². The maximum absolute atomic E-state index is 4.85. The van der Waals surface area contributed by atoms with E-state index in [0.717, 1.165) is 27.9 Å². The predicted octanol–water partition coefficient (Wildman–Crippen LogP) is 9.23. The molecule has 3 aromatic carbocycles. The van der Waals surface area contributed by atoms with Gasteiger partial charge < -0.3 is 0 Å². The second kappa shape index (κ2) is 9.02. The van der Waals surface area contributed by atoms with E-state index in [9.17, 15) is 0 Å². The number of aromatic nitrogens is 2. The van der Waals surface area contributed by atoms with Crippen LogP contribution in [0.2, 0.25) is 0 Å². The van der Waals surface area contributed by atoms with E-state index in [-0.39, 0.29) is 10.8 Å². The van der Waals surface area contributed by atoms with Gasteiger partial charge in [-0.15, -0.1) is 0 Å². The van der Waals surface area contributed by atoms with Gasteiger partial charge in [-0.1, -0.05) is 102 Å². The summed E-state index contributed by atoms with van der Waals surface area (Å²) in [5.74, 6) is 0. The highest BCUT2D eigenvalue weighted by Crippen LogP contribution is 2.37. The van der Waals surface area contributed by atoms with E-state index in [0.29, 0.717) is 0 Å². The third kappa shape index (κ3) is 4.68. The van der Waals surface area contributed by atoms with Crippen molar-refractivity contribution in [3.63, 3.8) is 0 Å². The highest BCUT2D eigenvalue weighted by atomic mass is 14.7. The van der Waals surface area contributed by atoms with Crippen molar-refractivity contribution in [2.24, 2.45) is 0 Å². The Labute approximate surface area is 215 Å². The first kappa shape index (κ1) is 23.9. The third-order valence-electron chi connectivity index (χ3n) is 6.90. The molecule has 0 saturated carbocycles. The topological polar surface area (TPSA) is 25.8 Å².